The lowest BCUT2D eigenvalue weighted by Gasteiger charge is -2.19. The summed E-state index contributed by atoms with van der Waals surface area (Å²) < 4.78 is 0. The Balaban J connectivity index is 0.00000288. The number of nitrogens with one attached hydrogen (secondary N) is 2. The topological polar surface area (TPSA) is 49.3 Å². The number of rotatable bonds is 5. The second-order valence-electron chi connectivity index (χ2n) is 5.68. The Hall–Kier alpha value is -1.63. The Morgan fingerprint density at radius 2 is 1.83 bits per heavy atom. The largest absolute Gasteiger partial charge is 0.357 e. The summed E-state index contributed by atoms with van der Waals surface area (Å²) >= 11 is 0. The SMILES string of the molecule is CCNC(=NCc1ncccc1C)NC(C)c1ccccc1C.I. The molecule has 0 bridgehead atoms. The minimum absolute atomic E-state index is 0. The van der Waals surface area contributed by atoms with Crippen molar-refractivity contribution in [3.63, 3.8) is 0 Å². The Kier molecular flexibility index (Phi) is 8.74. The van der Waals surface area contributed by atoms with Gasteiger partial charge in [-0.15, -0.1) is 24.0 Å². The third-order valence-corrected chi connectivity index (χ3v) is 3.86. The van der Waals surface area contributed by atoms with Gasteiger partial charge in [-0.05, 0) is 50.5 Å². The molecule has 130 valence electrons. The first kappa shape index (κ1) is 20.4. The van der Waals surface area contributed by atoms with Gasteiger partial charge in [0.15, 0.2) is 5.96 Å². The number of hydrogen-bond donors (Lipinski definition) is 2. The van der Waals surface area contributed by atoms with E-state index < -0.39 is 0 Å². The van der Waals surface area contributed by atoms with Crippen LogP contribution in [-0.4, -0.2) is 17.5 Å². The molecule has 2 rings (SSSR count). The summed E-state index contributed by atoms with van der Waals surface area (Å²) in [6.45, 7) is 9.82. The van der Waals surface area contributed by atoms with Crippen LogP contribution in [0.2, 0.25) is 0 Å². The highest BCUT2D eigenvalue weighted by molar-refractivity contribution is 14.0. The molecule has 0 aliphatic carbocycles. The zero-order valence-corrected chi connectivity index (χ0v) is 17.2. The van der Waals surface area contributed by atoms with Crippen LogP contribution in [0.15, 0.2) is 47.6 Å². The fraction of sp³-hybridized carbons (Fsp3) is 0.368. The molecular formula is C19H27IN4. The highest BCUT2D eigenvalue weighted by Gasteiger charge is 2.09. The van der Waals surface area contributed by atoms with Crippen LogP contribution in [0.1, 0.15) is 42.3 Å². The Morgan fingerprint density at radius 1 is 1.12 bits per heavy atom. The van der Waals surface area contributed by atoms with Crippen molar-refractivity contribution in [1.82, 2.24) is 15.6 Å². The summed E-state index contributed by atoms with van der Waals surface area (Å²) in [5, 5.41) is 6.78. The molecule has 1 aromatic heterocycles. The summed E-state index contributed by atoms with van der Waals surface area (Å²) in [7, 11) is 0. The van der Waals surface area contributed by atoms with Crippen LogP contribution in [0.25, 0.3) is 0 Å². The van der Waals surface area contributed by atoms with E-state index in [2.05, 4.69) is 78.6 Å². The first-order valence-electron chi connectivity index (χ1n) is 8.12. The van der Waals surface area contributed by atoms with Crippen LogP contribution in [0.5, 0.6) is 0 Å². The number of aromatic nitrogens is 1. The van der Waals surface area contributed by atoms with Crippen molar-refractivity contribution in [3.8, 4) is 0 Å². The van der Waals surface area contributed by atoms with E-state index in [1.54, 1.807) is 0 Å². The Bertz CT molecular complexity index is 670. The fourth-order valence-electron chi connectivity index (χ4n) is 2.51. The molecule has 0 amide bonds. The maximum atomic E-state index is 4.67. The highest BCUT2D eigenvalue weighted by atomic mass is 127. The summed E-state index contributed by atoms with van der Waals surface area (Å²) in [6.07, 6.45) is 1.81. The minimum Gasteiger partial charge on any atom is -0.357 e. The fourth-order valence-corrected chi connectivity index (χ4v) is 2.51. The van der Waals surface area contributed by atoms with Gasteiger partial charge in [0, 0.05) is 12.7 Å². The molecule has 4 nitrogen and oxygen atoms in total. The standard InChI is InChI=1S/C19H26N4.HI/c1-5-20-19(22-13-18-15(3)10-8-12-21-18)23-16(4)17-11-7-6-9-14(17)2;/h6-12,16H,5,13H2,1-4H3,(H2,20,22,23);1H. The van der Waals surface area contributed by atoms with Gasteiger partial charge >= 0.3 is 0 Å². The van der Waals surface area contributed by atoms with E-state index in [-0.39, 0.29) is 30.0 Å². The molecule has 1 aromatic carbocycles. The van der Waals surface area contributed by atoms with E-state index in [0.717, 1.165) is 18.2 Å². The molecule has 1 heterocycles. The molecule has 5 heteroatoms. The van der Waals surface area contributed by atoms with Gasteiger partial charge in [-0.2, -0.15) is 0 Å². The zero-order valence-electron chi connectivity index (χ0n) is 14.8. The van der Waals surface area contributed by atoms with Crippen LogP contribution in [0.3, 0.4) is 0 Å². The second kappa shape index (κ2) is 10.3. The van der Waals surface area contributed by atoms with Crippen molar-refractivity contribution in [1.29, 1.82) is 0 Å². The number of guanidine groups is 1. The molecule has 2 N–H and O–H groups in total. The van der Waals surface area contributed by atoms with Gasteiger partial charge in [-0.1, -0.05) is 30.3 Å². The molecule has 1 atom stereocenters. The van der Waals surface area contributed by atoms with Crippen LogP contribution in [-0.2, 0) is 6.54 Å². The van der Waals surface area contributed by atoms with Gasteiger partial charge in [-0.3, -0.25) is 4.98 Å². The van der Waals surface area contributed by atoms with Crippen LogP contribution >= 0.6 is 24.0 Å². The number of hydrogen-bond acceptors (Lipinski definition) is 2. The number of aryl methyl sites for hydroxylation is 2. The minimum atomic E-state index is 0. The van der Waals surface area contributed by atoms with Crippen LogP contribution in [0.4, 0.5) is 0 Å². The summed E-state index contributed by atoms with van der Waals surface area (Å²) in [5.41, 5.74) is 4.74. The summed E-state index contributed by atoms with van der Waals surface area (Å²) in [6, 6.07) is 12.6. The molecular weight excluding hydrogens is 411 g/mol. The van der Waals surface area contributed by atoms with Gasteiger partial charge in [0.1, 0.15) is 0 Å². The van der Waals surface area contributed by atoms with E-state index >= 15 is 0 Å². The van der Waals surface area contributed by atoms with Crippen LogP contribution in [0, 0.1) is 13.8 Å². The average Bonchev–Trinajstić information content (AvgIpc) is 2.54. The first-order valence-corrected chi connectivity index (χ1v) is 8.12. The smallest absolute Gasteiger partial charge is 0.192 e. The molecule has 0 saturated heterocycles. The number of pyridine rings is 1. The summed E-state index contributed by atoms with van der Waals surface area (Å²) in [5.74, 6) is 0.813. The van der Waals surface area contributed by atoms with E-state index in [1.807, 2.05) is 12.3 Å². The quantitative estimate of drug-likeness (QED) is 0.419. The third kappa shape index (κ3) is 5.78. The maximum absolute atomic E-state index is 4.67. The van der Waals surface area contributed by atoms with E-state index in [1.165, 1.54) is 16.7 Å². The molecule has 0 saturated carbocycles. The van der Waals surface area contributed by atoms with Gasteiger partial charge in [0.05, 0.1) is 18.3 Å². The van der Waals surface area contributed by atoms with Crippen LogP contribution < -0.4 is 10.6 Å². The predicted molar refractivity (Wildman–Crippen MR) is 112 cm³/mol. The van der Waals surface area contributed by atoms with Crippen molar-refractivity contribution >= 4 is 29.9 Å². The molecule has 0 aliphatic heterocycles. The molecule has 24 heavy (non-hydrogen) atoms. The zero-order chi connectivity index (χ0) is 16.7. The number of aliphatic imine (C=N–C) groups is 1. The monoisotopic (exact) mass is 438 g/mol. The lowest BCUT2D eigenvalue weighted by molar-refractivity contribution is 0.681. The molecule has 0 fully saturated rings. The van der Waals surface area contributed by atoms with Crippen molar-refractivity contribution < 1.29 is 0 Å². The summed E-state index contributed by atoms with van der Waals surface area (Å²) in [4.78, 5) is 9.07. The average molecular weight is 438 g/mol. The number of halogens is 1. The molecule has 0 spiro atoms. The van der Waals surface area contributed by atoms with Gasteiger partial charge in [0.2, 0.25) is 0 Å². The van der Waals surface area contributed by atoms with Crippen molar-refractivity contribution in [2.24, 2.45) is 4.99 Å². The lowest BCUT2D eigenvalue weighted by atomic mass is 10.0. The molecule has 2 aromatic rings. The van der Waals surface area contributed by atoms with E-state index in [0.29, 0.717) is 6.54 Å². The van der Waals surface area contributed by atoms with Crippen molar-refractivity contribution in [2.45, 2.75) is 40.3 Å². The van der Waals surface area contributed by atoms with E-state index in [9.17, 15) is 0 Å². The van der Waals surface area contributed by atoms with Gasteiger partial charge in [-0.25, -0.2) is 4.99 Å². The predicted octanol–water partition coefficient (Wildman–Crippen LogP) is 4.13. The number of benzene rings is 1. The van der Waals surface area contributed by atoms with E-state index in [4.69, 9.17) is 0 Å². The second-order valence-corrected chi connectivity index (χ2v) is 5.68. The molecule has 1 unspecified atom stereocenters. The Labute approximate surface area is 162 Å². The molecule has 0 radical (unpaired) electrons. The number of nitrogens with zero attached hydrogens (tertiary/aromatic N) is 2. The Morgan fingerprint density at radius 3 is 2.50 bits per heavy atom. The highest BCUT2D eigenvalue weighted by Crippen LogP contribution is 2.16. The molecule has 0 aliphatic rings. The van der Waals surface area contributed by atoms with Crippen molar-refractivity contribution in [3.05, 3.63) is 65.0 Å². The maximum Gasteiger partial charge on any atom is 0.192 e. The van der Waals surface area contributed by atoms with Crippen molar-refractivity contribution in [2.75, 3.05) is 6.54 Å². The first-order chi connectivity index (χ1) is 11.1. The van der Waals surface area contributed by atoms with Gasteiger partial charge < -0.3 is 10.6 Å². The third-order valence-electron chi connectivity index (χ3n) is 3.86. The van der Waals surface area contributed by atoms with Gasteiger partial charge in [0.25, 0.3) is 0 Å². The normalized spacial score (nSPS) is 12.2. The lowest BCUT2D eigenvalue weighted by Crippen LogP contribution is -2.38.